The van der Waals surface area contributed by atoms with Crippen LogP contribution in [-0.4, -0.2) is 16.1 Å². The monoisotopic (exact) mass is 327 g/mol. The van der Waals surface area contributed by atoms with E-state index in [1.54, 1.807) is 0 Å². The van der Waals surface area contributed by atoms with Gasteiger partial charge in [-0.3, -0.25) is 4.57 Å². The van der Waals surface area contributed by atoms with Crippen LogP contribution in [0.5, 0.6) is 0 Å². The van der Waals surface area contributed by atoms with Crippen LogP contribution >= 0.6 is 27.5 Å². The Bertz CT molecular complexity index is 551. The second-order valence-corrected chi connectivity index (χ2v) is 5.39. The molecule has 0 saturated heterocycles. The first kappa shape index (κ1) is 13.4. The van der Waals surface area contributed by atoms with Crippen LogP contribution in [0.1, 0.15) is 19.0 Å². The fourth-order valence-corrected chi connectivity index (χ4v) is 2.32. The van der Waals surface area contributed by atoms with E-state index in [-0.39, 0.29) is 0 Å². The van der Waals surface area contributed by atoms with E-state index in [4.69, 9.17) is 11.6 Å². The molecule has 0 unspecified atom stereocenters. The molecule has 1 heterocycles. The van der Waals surface area contributed by atoms with Gasteiger partial charge in [-0.1, -0.05) is 18.5 Å². The average Bonchev–Trinajstić information content (AvgIpc) is 2.71. The van der Waals surface area contributed by atoms with Crippen molar-refractivity contribution in [1.82, 2.24) is 9.55 Å². The lowest BCUT2D eigenvalue weighted by Crippen LogP contribution is -2.07. The lowest BCUT2D eigenvalue weighted by atomic mass is 10.3. The Kier molecular flexibility index (Phi) is 4.30. The number of aryl methyl sites for hydroxylation is 1. The van der Waals surface area contributed by atoms with E-state index in [0.717, 1.165) is 34.8 Å². The van der Waals surface area contributed by atoms with Gasteiger partial charge in [0, 0.05) is 22.2 Å². The van der Waals surface area contributed by atoms with Crippen molar-refractivity contribution in [3.63, 3.8) is 0 Å². The van der Waals surface area contributed by atoms with Crippen LogP contribution in [-0.2, 0) is 0 Å². The molecule has 0 radical (unpaired) electrons. The van der Waals surface area contributed by atoms with Gasteiger partial charge in [0.2, 0.25) is 5.95 Å². The van der Waals surface area contributed by atoms with Crippen LogP contribution < -0.4 is 5.32 Å². The Balaban J connectivity index is 2.45. The maximum absolute atomic E-state index is 6.06. The summed E-state index contributed by atoms with van der Waals surface area (Å²) in [5.74, 6) is 0.845. The molecule has 0 aliphatic carbocycles. The smallest absolute Gasteiger partial charge is 0.207 e. The molecule has 0 spiro atoms. The molecule has 1 N–H and O–H groups in total. The number of aromatic nitrogens is 2. The number of hydrogen-bond acceptors (Lipinski definition) is 2. The summed E-state index contributed by atoms with van der Waals surface area (Å²) in [4.78, 5) is 4.48. The van der Waals surface area contributed by atoms with Crippen molar-refractivity contribution < 1.29 is 0 Å². The quantitative estimate of drug-likeness (QED) is 0.900. The van der Waals surface area contributed by atoms with E-state index in [9.17, 15) is 0 Å². The molecule has 0 amide bonds. The fourth-order valence-electron chi connectivity index (χ4n) is 1.71. The van der Waals surface area contributed by atoms with Crippen molar-refractivity contribution in [2.45, 2.75) is 20.3 Å². The Morgan fingerprint density at radius 2 is 2.22 bits per heavy atom. The molecular formula is C13H15BrClN3. The molecule has 96 valence electrons. The van der Waals surface area contributed by atoms with Crippen LogP contribution in [0.4, 0.5) is 5.95 Å². The number of nitrogens with zero attached hydrogens (tertiary/aromatic N) is 2. The van der Waals surface area contributed by atoms with E-state index in [2.05, 4.69) is 33.2 Å². The molecule has 0 fully saturated rings. The van der Waals surface area contributed by atoms with Gasteiger partial charge in [0.1, 0.15) is 0 Å². The normalized spacial score (nSPS) is 10.7. The number of rotatable bonds is 4. The molecule has 3 nitrogen and oxygen atoms in total. The molecule has 0 atom stereocenters. The van der Waals surface area contributed by atoms with E-state index in [1.165, 1.54) is 0 Å². The van der Waals surface area contributed by atoms with Gasteiger partial charge in [-0.2, -0.15) is 0 Å². The molecule has 0 aliphatic heterocycles. The Morgan fingerprint density at radius 3 is 2.94 bits per heavy atom. The van der Waals surface area contributed by atoms with Crippen molar-refractivity contribution in [3.05, 3.63) is 39.6 Å². The summed E-state index contributed by atoms with van der Waals surface area (Å²) < 4.78 is 3.00. The molecule has 0 saturated carbocycles. The summed E-state index contributed by atoms with van der Waals surface area (Å²) in [6, 6.07) is 5.72. The predicted octanol–water partition coefficient (Wildman–Crippen LogP) is 4.42. The maximum atomic E-state index is 6.06. The van der Waals surface area contributed by atoms with Gasteiger partial charge in [-0.05, 0) is 47.5 Å². The summed E-state index contributed by atoms with van der Waals surface area (Å²) in [6.07, 6.45) is 3.05. The topological polar surface area (TPSA) is 29.9 Å². The van der Waals surface area contributed by atoms with E-state index < -0.39 is 0 Å². The number of imidazole rings is 1. The fraction of sp³-hybridized carbons (Fsp3) is 0.308. The van der Waals surface area contributed by atoms with Crippen LogP contribution in [0, 0.1) is 6.92 Å². The zero-order chi connectivity index (χ0) is 13.1. The highest BCUT2D eigenvalue weighted by Gasteiger charge is 2.10. The molecule has 1 aromatic carbocycles. The highest BCUT2D eigenvalue weighted by Crippen LogP contribution is 2.27. The second kappa shape index (κ2) is 5.76. The van der Waals surface area contributed by atoms with Crippen molar-refractivity contribution >= 4 is 33.5 Å². The van der Waals surface area contributed by atoms with Crippen molar-refractivity contribution in [3.8, 4) is 5.69 Å². The SMILES string of the molecule is CCCNc1nc(C)cn1-c1cc(Cl)ccc1Br. The van der Waals surface area contributed by atoms with Gasteiger partial charge >= 0.3 is 0 Å². The largest absolute Gasteiger partial charge is 0.355 e. The highest BCUT2D eigenvalue weighted by atomic mass is 79.9. The average molecular weight is 329 g/mol. The zero-order valence-corrected chi connectivity index (χ0v) is 12.7. The van der Waals surface area contributed by atoms with E-state index >= 15 is 0 Å². The van der Waals surface area contributed by atoms with Gasteiger partial charge in [-0.25, -0.2) is 4.98 Å². The van der Waals surface area contributed by atoms with Crippen molar-refractivity contribution in [1.29, 1.82) is 0 Å². The molecule has 1 aromatic heterocycles. The lowest BCUT2D eigenvalue weighted by molar-refractivity contribution is 0.935. The Labute approximate surface area is 120 Å². The molecule has 2 aromatic rings. The Hall–Kier alpha value is -1.000. The first-order chi connectivity index (χ1) is 8.61. The summed E-state index contributed by atoms with van der Waals surface area (Å²) in [5.41, 5.74) is 1.96. The standard InChI is InChI=1S/C13H15BrClN3/c1-3-6-16-13-17-9(2)8-18(13)12-7-10(15)4-5-11(12)14/h4-5,7-8H,3,6H2,1-2H3,(H,16,17). The summed E-state index contributed by atoms with van der Waals surface area (Å²) in [7, 11) is 0. The molecule has 5 heteroatoms. The molecular weight excluding hydrogens is 314 g/mol. The molecule has 0 bridgehead atoms. The van der Waals surface area contributed by atoms with Crippen LogP contribution in [0.2, 0.25) is 5.02 Å². The summed E-state index contributed by atoms with van der Waals surface area (Å²) in [6.45, 7) is 5.00. The van der Waals surface area contributed by atoms with E-state index in [0.29, 0.717) is 5.02 Å². The number of nitrogens with one attached hydrogen (secondary N) is 1. The minimum absolute atomic E-state index is 0.709. The van der Waals surface area contributed by atoms with Crippen molar-refractivity contribution in [2.75, 3.05) is 11.9 Å². The van der Waals surface area contributed by atoms with Crippen molar-refractivity contribution in [2.24, 2.45) is 0 Å². The lowest BCUT2D eigenvalue weighted by Gasteiger charge is -2.11. The van der Waals surface area contributed by atoms with Gasteiger partial charge in [0.05, 0.1) is 11.4 Å². The minimum Gasteiger partial charge on any atom is -0.355 e. The molecule has 2 rings (SSSR count). The van der Waals surface area contributed by atoms with Crippen LogP contribution in [0.25, 0.3) is 5.69 Å². The Morgan fingerprint density at radius 1 is 1.44 bits per heavy atom. The van der Waals surface area contributed by atoms with Crippen LogP contribution in [0.3, 0.4) is 0 Å². The summed E-state index contributed by atoms with van der Waals surface area (Å²) >= 11 is 9.60. The number of benzene rings is 1. The van der Waals surface area contributed by atoms with Gasteiger partial charge < -0.3 is 5.32 Å². The highest BCUT2D eigenvalue weighted by molar-refractivity contribution is 9.10. The number of halogens is 2. The van der Waals surface area contributed by atoms with Gasteiger partial charge in [-0.15, -0.1) is 0 Å². The van der Waals surface area contributed by atoms with Crippen LogP contribution in [0.15, 0.2) is 28.9 Å². The first-order valence-corrected chi connectivity index (χ1v) is 7.04. The van der Waals surface area contributed by atoms with Gasteiger partial charge in [0.15, 0.2) is 0 Å². The zero-order valence-electron chi connectivity index (χ0n) is 10.4. The summed E-state index contributed by atoms with van der Waals surface area (Å²) in [5, 5.41) is 4.03. The second-order valence-electron chi connectivity index (χ2n) is 4.10. The molecule has 18 heavy (non-hydrogen) atoms. The minimum atomic E-state index is 0.709. The van der Waals surface area contributed by atoms with E-state index in [1.807, 2.05) is 35.9 Å². The maximum Gasteiger partial charge on any atom is 0.207 e. The van der Waals surface area contributed by atoms with Gasteiger partial charge in [0.25, 0.3) is 0 Å². The third-order valence-corrected chi connectivity index (χ3v) is 3.43. The third kappa shape index (κ3) is 2.87. The number of anilines is 1. The predicted molar refractivity (Wildman–Crippen MR) is 79.8 cm³/mol. The third-order valence-electron chi connectivity index (χ3n) is 2.53. The first-order valence-electron chi connectivity index (χ1n) is 5.87. The number of hydrogen-bond donors (Lipinski definition) is 1. The molecule has 0 aliphatic rings.